The lowest BCUT2D eigenvalue weighted by Crippen LogP contribution is -2.55. The van der Waals surface area contributed by atoms with Gasteiger partial charge in [0.1, 0.15) is 0 Å². The molecule has 1 N–H and O–H groups in total. The van der Waals surface area contributed by atoms with Crippen LogP contribution in [0.5, 0.6) is 0 Å². The maximum atomic E-state index is 13.3. The van der Waals surface area contributed by atoms with Crippen LogP contribution in [-0.2, 0) is 11.3 Å². The maximum absolute atomic E-state index is 13.3. The Morgan fingerprint density at radius 1 is 1.07 bits per heavy atom. The molecule has 0 saturated heterocycles. The van der Waals surface area contributed by atoms with E-state index in [4.69, 9.17) is 0 Å². The highest BCUT2D eigenvalue weighted by Crippen LogP contribution is 2.68. The largest absolute Gasteiger partial charge is 0.390 e. The summed E-state index contributed by atoms with van der Waals surface area (Å²) >= 11 is 0. The van der Waals surface area contributed by atoms with Crippen molar-refractivity contribution in [2.24, 2.45) is 40.4 Å². The second kappa shape index (κ2) is 6.92. The number of aliphatic hydroxyl groups is 1. The van der Waals surface area contributed by atoms with Gasteiger partial charge in [-0.25, -0.2) is 4.98 Å². The number of Topliss-reactive ketones (excluding diaryl/α,β-unsaturated/α-hetero) is 1. The number of aromatic nitrogens is 2. The van der Waals surface area contributed by atoms with Gasteiger partial charge in [0.25, 0.3) is 0 Å². The molecule has 4 saturated carbocycles. The first-order valence-corrected chi connectivity index (χ1v) is 12.4. The fourth-order valence-electron chi connectivity index (χ4n) is 8.81. The van der Waals surface area contributed by atoms with Gasteiger partial charge >= 0.3 is 0 Å². The molecule has 5 rings (SSSR count). The highest BCUT2D eigenvalue weighted by molar-refractivity contribution is 5.82. The molecule has 4 nitrogen and oxygen atoms in total. The summed E-state index contributed by atoms with van der Waals surface area (Å²) in [4.78, 5) is 17.6. The summed E-state index contributed by atoms with van der Waals surface area (Å²) in [5, 5.41) is 10.7. The normalized spacial score (nSPS) is 48.0. The first-order chi connectivity index (χ1) is 14.1. The zero-order valence-electron chi connectivity index (χ0n) is 19.4. The van der Waals surface area contributed by atoms with E-state index in [9.17, 15) is 9.90 Å². The average Bonchev–Trinajstić information content (AvgIpc) is 3.24. The number of ketones is 1. The minimum Gasteiger partial charge on any atom is -0.390 e. The Morgan fingerprint density at radius 3 is 2.57 bits per heavy atom. The Morgan fingerprint density at radius 2 is 1.83 bits per heavy atom. The summed E-state index contributed by atoms with van der Waals surface area (Å²) in [7, 11) is 0. The molecule has 1 heterocycles. The number of hydrogen-bond acceptors (Lipinski definition) is 3. The summed E-state index contributed by atoms with van der Waals surface area (Å²) in [5.41, 5.74) is 1.09. The third-order valence-corrected chi connectivity index (χ3v) is 10.4. The average molecular weight is 413 g/mol. The molecule has 0 unspecified atom stereocenters. The minimum absolute atomic E-state index is 0.178. The van der Waals surface area contributed by atoms with Crippen LogP contribution < -0.4 is 0 Å². The van der Waals surface area contributed by atoms with Gasteiger partial charge in [0, 0.05) is 12.1 Å². The summed E-state index contributed by atoms with van der Waals surface area (Å²) in [5.74, 6) is 3.58. The van der Waals surface area contributed by atoms with E-state index in [1.807, 2.05) is 24.6 Å². The molecule has 4 heteroatoms. The van der Waals surface area contributed by atoms with Crippen molar-refractivity contribution in [1.29, 1.82) is 0 Å². The molecule has 0 aliphatic heterocycles. The van der Waals surface area contributed by atoms with E-state index < -0.39 is 5.60 Å². The number of rotatable bonds is 3. The number of carbonyl (C=O) groups is 1. The topological polar surface area (TPSA) is 55.1 Å². The lowest BCUT2D eigenvalue weighted by Gasteiger charge is -2.61. The molecule has 30 heavy (non-hydrogen) atoms. The van der Waals surface area contributed by atoms with Gasteiger partial charge in [-0.2, -0.15) is 0 Å². The van der Waals surface area contributed by atoms with Gasteiger partial charge in [-0.3, -0.25) is 4.79 Å². The Kier molecular flexibility index (Phi) is 4.78. The van der Waals surface area contributed by atoms with E-state index in [-0.39, 0.29) is 11.3 Å². The van der Waals surface area contributed by atoms with Crippen molar-refractivity contribution in [3.8, 4) is 0 Å². The number of imidazole rings is 1. The van der Waals surface area contributed by atoms with Gasteiger partial charge in [0.05, 0.1) is 24.2 Å². The second-order valence-corrected chi connectivity index (χ2v) is 12.2. The van der Waals surface area contributed by atoms with E-state index in [2.05, 4.69) is 18.8 Å². The molecular formula is C26H40N2O2. The molecule has 1 aromatic heterocycles. The lowest BCUT2D eigenvalue weighted by atomic mass is 9.44. The van der Waals surface area contributed by atoms with Crippen LogP contribution in [0, 0.1) is 47.3 Å². The highest BCUT2D eigenvalue weighted by Gasteiger charge is 2.61. The van der Waals surface area contributed by atoms with Crippen LogP contribution >= 0.6 is 0 Å². The van der Waals surface area contributed by atoms with Crippen molar-refractivity contribution >= 4 is 5.78 Å². The van der Waals surface area contributed by atoms with Crippen LogP contribution in [0.1, 0.15) is 84.3 Å². The van der Waals surface area contributed by atoms with Crippen LogP contribution in [0.2, 0.25) is 0 Å². The molecule has 166 valence electrons. The molecule has 0 aromatic carbocycles. The predicted molar refractivity (Wildman–Crippen MR) is 118 cm³/mol. The summed E-state index contributed by atoms with van der Waals surface area (Å²) in [6, 6.07) is 0. The van der Waals surface area contributed by atoms with E-state index in [1.54, 1.807) is 6.33 Å². The molecule has 0 amide bonds. The van der Waals surface area contributed by atoms with Crippen LogP contribution in [0.3, 0.4) is 0 Å². The highest BCUT2D eigenvalue weighted by atomic mass is 16.3. The molecule has 4 aliphatic carbocycles. The summed E-state index contributed by atoms with van der Waals surface area (Å²) < 4.78 is 1.97. The first-order valence-electron chi connectivity index (χ1n) is 12.4. The molecule has 4 fully saturated rings. The fourth-order valence-corrected chi connectivity index (χ4v) is 8.81. The Labute approximate surface area is 181 Å². The van der Waals surface area contributed by atoms with Crippen molar-refractivity contribution in [3.05, 3.63) is 18.2 Å². The number of fused-ring (bicyclic) bond motifs is 5. The summed E-state index contributed by atoms with van der Waals surface area (Å²) in [6.45, 7) is 9.51. The van der Waals surface area contributed by atoms with Gasteiger partial charge in [0.2, 0.25) is 0 Å². The van der Waals surface area contributed by atoms with Gasteiger partial charge in [-0.15, -0.1) is 0 Å². The smallest absolute Gasteiger partial charge is 0.156 e. The van der Waals surface area contributed by atoms with Crippen LogP contribution in [-0.4, -0.2) is 26.0 Å². The molecule has 0 radical (unpaired) electrons. The standard InChI is InChI=1S/C26H40N2O2/c1-17-14-28(16-27-17)15-23(29)22-8-7-20-19-6-5-18-13-24(2,30)11-12-25(18,3)21(19)9-10-26(20,22)4/h14,16,18-22,30H,5-13,15H2,1-4H3/t18-,19-,20-,21-,22+,24+,25-,26-/m0/s1. The second-order valence-electron chi connectivity index (χ2n) is 12.2. The fraction of sp³-hybridized carbons (Fsp3) is 0.846. The van der Waals surface area contributed by atoms with E-state index in [0.29, 0.717) is 29.6 Å². The van der Waals surface area contributed by atoms with Crippen molar-refractivity contribution in [3.63, 3.8) is 0 Å². The number of aryl methyl sites for hydroxylation is 1. The van der Waals surface area contributed by atoms with Crippen LogP contribution in [0.25, 0.3) is 0 Å². The zero-order valence-corrected chi connectivity index (χ0v) is 19.4. The Hall–Kier alpha value is -1.16. The zero-order chi connectivity index (χ0) is 21.3. The predicted octanol–water partition coefficient (Wildman–Crippen LogP) is 5.17. The quantitative estimate of drug-likeness (QED) is 0.745. The summed E-state index contributed by atoms with van der Waals surface area (Å²) in [6.07, 6.45) is 14.3. The van der Waals surface area contributed by atoms with Gasteiger partial charge in [-0.1, -0.05) is 13.8 Å². The molecular weight excluding hydrogens is 372 g/mol. The third-order valence-electron chi connectivity index (χ3n) is 10.4. The van der Waals surface area contributed by atoms with E-state index in [0.717, 1.165) is 36.8 Å². The number of hydrogen-bond donors (Lipinski definition) is 1. The van der Waals surface area contributed by atoms with E-state index >= 15 is 0 Å². The van der Waals surface area contributed by atoms with Gasteiger partial charge in [-0.05, 0) is 106 Å². The molecule has 8 atom stereocenters. The SMILES string of the molecule is Cc1cn(CC(=O)[C@H]2CC[C@H]3[C@@H]4CC[C@H]5C[C@](C)(O)CC[C@]5(C)[C@H]4CC[C@]23C)cn1. The number of nitrogens with zero attached hydrogens (tertiary/aromatic N) is 2. The third kappa shape index (κ3) is 3.12. The van der Waals surface area contributed by atoms with Gasteiger partial charge in [0.15, 0.2) is 5.78 Å². The van der Waals surface area contributed by atoms with Crippen molar-refractivity contribution in [2.45, 2.75) is 97.6 Å². The van der Waals surface area contributed by atoms with Crippen molar-refractivity contribution in [2.75, 3.05) is 0 Å². The molecule has 0 spiro atoms. The number of carbonyl (C=O) groups excluding carboxylic acids is 1. The van der Waals surface area contributed by atoms with Crippen molar-refractivity contribution in [1.82, 2.24) is 9.55 Å². The molecule has 4 aliphatic rings. The van der Waals surface area contributed by atoms with Gasteiger partial charge < -0.3 is 9.67 Å². The lowest BCUT2D eigenvalue weighted by molar-refractivity contribution is -0.151. The molecule has 1 aromatic rings. The monoisotopic (exact) mass is 412 g/mol. The maximum Gasteiger partial charge on any atom is 0.156 e. The van der Waals surface area contributed by atoms with Crippen LogP contribution in [0.4, 0.5) is 0 Å². The molecule has 0 bridgehead atoms. The van der Waals surface area contributed by atoms with Crippen molar-refractivity contribution < 1.29 is 9.90 Å². The van der Waals surface area contributed by atoms with Crippen LogP contribution in [0.15, 0.2) is 12.5 Å². The minimum atomic E-state index is -0.462. The first kappa shape index (κ1) is 20.7. The Balaban J connectivity index is 1.34. The van der Waals surface area contributed by atoms with E-state index in [1.165, 1.54) is 38.5 Å². The Bertz CT molecular complexity index is 829.